The van der Waals surface area contributed by atoms with Crippen molar-refractivity contribution in [3.05, 3.63) is 72.3 Å². The third-order valence-corrected chi connectivity index (χ3v) is 9.07. The van der Waals surface area contributed by atoms with Gasteiger partial charge < -0.3 is 9.84 Å². The Morgan fingerprint density at radius 3 is 2.64 bits per heavy atom. The molecular formula is C25H30FN5O4S. The van der Waals surface area contributed by atoms with Crippen LogP contribution < -0.4 is 0 Å². The van der Waals surface area contributed by atoms with Gasteiger partial charge in [0.25, 0.3) is 0 Å². The molecule has 0 amide bonds. The molecule has 1 aromatic heterocycles. The van der Waals surface area contributed by atoms with Crippen LogP contribution in [0.25, 0.3) is 5.69 Å². The average molecular weight is 516 g/mol. The number of ether oxygens (including phenoxy) is 1. The summed E-state index contributed by atoms with van der Waals surface area (Å²) in [5.41, 5.74) is 1.62. The van der Waals surface area contributed by atoms with E-state index in [4.69, 9.17) is 4.74 Å². The molecule has 11 heteroatoms. The van der Waals surface area contributed by atoms with Gasteiger partial charge in [0.2, 0.25) is 10.0 Å². The second kappa shape index (κ2) is 10.3. The highest BCUT2D eigenvalue weighted by molar-refractivity contribution is 7.89. The van der Waals surface area contributed by atoms with Crippen LogP contribution in [0.2, 0.25) is 0 Å². The van der Waals surface area contributed by atoms with Crippen molar-refractivity contribution in [3.8, 4) is 5.69 Å². The first kappa shape index (κ1) is 25.0. The van der Waals surface area contributed by atoms with E-state index in [2.05, 4.69) is 10.3 Å². The molecule has 2 aliphatic heterocycles. The Morgan fingerprint density at radius 1 is 1.11 bits per heavy atom. The third kappa shape index (κ3) is 4.69. The Kier molecular flexibility index (Phi) is 7.18. The van der Waals surface area contributed by atoms with Crippen molar-refractivity contribution in [2.75, 3.05) is 20.3 Å². The normalized spacial score (nSPS) is 25.5. The Hall–Kier alpha value is -2.70. The SMILES string of the molecule is COC[C@@H]1CN(Cc2cnnn2-c2ccccc2)C(O)[C@@H]2CCC[C@H]1N2S(=O)(=O)c1cccc(F)c1. The van der Waals surface area contributed by atoms with Gasteiger partial charge in [0.1, 0.15) is 12.0 Å². The largest absolute Gasteiger partial charge is 0.384 e. The van der Waals surface area contributed by atoms with Gasteiger partial charge in [-0.25, -0.2) is 17.5 Å². The standard InChI is InChI=1S/C25H30FN5O4S/c1-35-17-18-15-29(16-21-14-27-28-30(21)20-8-3-2-4-9-20)25(32)24-12-6-11-23(18)31(24)36(33,34)22-10-5-7-19(26)13-22/h2-5,7-10,13-14,18,23-25,32H,6,11-12,15-17H2,1H3/t18-,23+,24-,25?/m0/s1. The number of benzene rings is 2. The lowest BCUT2D eigenvalue weighted by atomic mass is 9.91. The van der Waals surface area contributed by atoms with E-state index in [-0.39, 0.29) is 16.9 Å². The highest BCUT2D eigenvalue weighted by Crippen LogP contribution is 2.39. The zero-order valence-corrected chi connectivity index (χ0v) is 20.8. The molecular weight excluding hydrogens is 485 g/mol. The number of hydrogen-bond acceptors (Lipinski definition) is 7. The van der Waals surface area contributed by atoms with E-state index in [1.807, 2.05) is 35.2 Å². The van der Waals surface area contributed by atoms with Crippen molar-refractivity contribution < 1.29 is 22.7 Å². The first-order chi connectivity index (χ1) is 17.4. The summed E-state index contributed by atoms with van der Waals surface area (Å²) in [7, 11) is -2.48. The maximum Gasteiger partial charge on any atom is 0.243 e. The van der Waals surface area contributed by atoms with Crippen molar-refractivity contribution in [1.82, 2.24) is 24.2 Å². The second-order valence-corrected chi connectivity index (χ2v) is 11.2. The molecule has 0 saturated carbocycles. The fourth-order valence-corrected chi connectivity index (χ4v) is 7.50. The molecule has 3 heterocycles. The first-order valence-electron chi connectivity index (χ1n) is 12.1. The zero-order chi connectivity index (χ0) is 25.3. The summed E-state index contributed by atoms with van der Waals surface area (Å²) < 4.78 is 50.3. The molecule has 1 N–H and O–H groups in total. The molecule has 0 aliphatic carbocycles. The molecule has 9 nitrogen and oxygen atoms in total. The number of piperidine rings is 1. The molecule has 1 unspecified atom stereocenters. The fraction of sp³-hybridized carbons (Fsp3) is 0.440. The number of aromatic nitrogens is 3. The monoisotopic (exact) mass is 515 g/mol. The number of aliphatic hydroxyl groups is 1. The topological polar surface area (TPSA) is 101 Å². The molecule has 4 atom stereocenters. The number of fused-ring (bicyclic) bond motifs is 2. The highest BCUT2D eigenvalue weighted by atomic mass is 32.2. The van der Waals surface area contributed by atoms with Crippen LogP contribution in [0.3, 0.4) is 0 Å². The third-order valence-electron chi connectivity index (χ3n) is 7.12. The van der Waals surface area contributed by atoms with E-state index in [0.29, 0.717) is 32.5 Å². The van der Waals surface area contributed by atoms with Gasteiger partial charge in [-0.15, -0.1) is 5.10 Å². The van der Waals surface area contributed by atoms with Crippen molar-refractivity contribution in [3.63, 3.8) is 0 Å². The van der Waals surface area contributed by atoms with Crippen LogP contribution in [0.4, 0.5) is 4.39 Å². The van der Waals surface area contributed by atoms with Gasteiger partial charge in [-0.3, -0.25) is 4.90 Å². The van der Waals surface area contributed by atoms with Crippen molar-refractivity contribution in [1.29, 1.82) is 0 Å². The number of aliphatic hydroxyl groups excluding tert-OH is 1. The minimum absolute atomic E-state index is 0.109. The fourth-order valence-electron chi connectivity index (χ4n) is 5.54. The van der Waals surface area contributed by atoms with Crippen LogP contribution in [0.1, 0.15) is 25.0 Å². The summed E-state index contributed by atoms with van der Waals surface area (Å²) in [6, 6.07) is 13.6. The maximum absolute atomic E-state index is 14.0. The number of hydrogen-bond donors (Lipinski definition) is 1. The van der Waals surface area contributed by atoms with Crippen molar-refractivity contribution >= 4 is 10.0 Å². The zero-order valence-electron chi connectivity index (χ0n) is 20.0. The van der Waals surface area contributed by atoms with Crippen LogP contribution >= 0.6 is 0 Å². The molecule has 2 saturated heterocycles. The quantitative estimate of drug-likeness (QED) is 0.516. The van der Waals surface area contributed by atoms with E-state index >= 15 is 0 Å². The number of rotatable bonds is 7. The Labute approximate surface area is 210 Å². The molecule has 0 spiro atoms. The summed E-state index contributed by atoms with van der Waals surface area (Å²) >= 11 is 0. The van der Waals surface area contributed by atoms with Gasteiger partial charge in [-0.2, -0.15) is 4.31 Å². The smallest absolute Gasteiger partial charge is 0.243 e. The Morgan fingerprint density at radius 2 is 1.89 bits per heavy atom. The molecule has 36 heavy (non-hydrogen) atoms. The molecule has 192 valence electrons. The second-order valence-electron chi connectivity index (χ2n) is 9.39. The number of methoxy groups -OCH3 is 1. The van der Waals surface area contributed by atoms with Gasteiger partial charge >= 0.3 is 0 Å². The Bertz CT molecular complexity index is 1290. The van der Waals surface area contributed by atoms with Gasteiger partial charge in [0.05, 0.1) is 35.1 Å². The first-order valence-corrected chi connectivity index (χ1v) is 13.5. The molecule has 2 aromatic carbocycles. The molecule has 5 rings (SSSR count). The van der Waals surface area contributed by atoms with Crippen molar-refractivity contribution in [2.45, 2.75) is 49.0 Å². The predicted octanol–water partition coefficient (Wildman–Crippen LogP) is 2.42. The van der Waals surface area contributed by atoms with Gasteiger partial charge in [-0.1, -0.05) is 35.9 Å². The van der Waals surface area contributed by atoms with E-state index in [1.165, 1.54) is 22.5 Å². The van der Waals surface area contributed by atoms with Crippen LogP contribution in [0.15, 0.2) is 65.7 Å². The summed E-state index contributed by atoms with van der Waals surface area (Å²) in [4.78, 5) is 1.77. The lowest BCUT2D eigenvalue weighted by Crippen LogP contribution is -2.56. The number of para-hydroxylation sites is 1. The van der Waals surface area contributed by atoms with E-state index in [9.17, 15) is 17.9 Å². The summed E-state index contributed by atoms with van der Waals surface area (Å²) in [6.07, 6.45) is 2.50. The number of halogens is 1. The van der Waals surface area contributed by atoms with Crippen LogP contribution in [-0.2, 0) is 21.3 Å². The van der Waals surface area contributed by atoms with E-state index < -0.39 is 28.1 Å². The van der Waals surface area contributed by atoms with E-state index in [0.717, 1.165) is 23.9 Å². The molecule has 2 fully saturated rings. The predicted molar refractivity (Wildman–Crippen MR) is 130 cm³/mol. The highest BCUT2D eigenvalue weighted by Gasteiger charge is 2.50. The lowest BCUT2D eigenvalue weighted by molar-refractivity contribution is -0.0452. The lowest BCUT2D eigenvalue weighted by Gasteiger charge is -2.43. The molecule has 3 aromatic rings. The number of sulfonamides is 1. The minimum atomic E-state index is -4.07. The molecule has 2 bridgehead atoms. The summed E-state index contributed by atoms with van der Waals surface area (Å²) in [5.74, 6) is -0.812. The average Bonchev–Trinajstić information content (AvgIpc) is 3.33. The molecule has 0 radical (unpaired) electrons. The van der Waals surface area contributed by atoms with Gasteiger partial charge in [-0.05, 0) is 43.2 Å². The number of nitrogens with zero attached hydrogens (tertiary/aromatic N) is 5. The van der Waals surface area contributed by atoms with Gasteiger partial charge in [0, 0.05) is 32.2 Å². The van der Waals surface area contributed by atoms with Crippen LogP contribution in [0, 0.1) is 11.7 Å². The van der Waals surface area contributed by atoms with Gasteiger partial charge in [0.15, 0.2) is 0 Å². The Balaban J connectivity index is 1.52. The van der Waals surface area contributed by atoms with Crippen LogP contribution in [0.5, 0.6) is 0 Å². The summed E-state index contributed by atoms with van der Waals surface area (Å²) in [6.45, 7) is 1.07. The molecule has 2 aliphatic rings. The van der Waals surface area contributed by atoms with Crippen molar-refractivity contribution in [2.24, 2.45) is 5.92 Å². The maximum atomic E-state index is 14.0. The summed E-state index contributed by atoms with van der Waals surface area (Å²) in [5, 5.41) is 19.9. The minimum Gasteiger partial charge on any atom is -0.384 e. The van der Waals surface area contributed by atoms with E-state index in [1.54, 1.807) is 18.0 Å². The van der Waals surface area contributed by atoms with Crippen LogP contribution in [-0.4, -0.2) is 76.3 Å².